The van der Waals surface area contributed by atoms with Gasteiger partial charge < -0.3 is 14.7 Å². The van der Waals surface area contributed by atoms with Crippen LogP contribution in [0.2, 0.25) is 0 Å². The van der Waals surface area contributed by atoms with E-state index in [9.17, 15) is 0 Å². The molecular weight excluding hydrogens is 228 g/mol. The molecule has 0 bridgehead atoms. The number of rotatable bonds is 4. The topological polar surface area (TPSA) is 45.6 Å². The van der Waals surface area contributed by atoms with Crippen LogP contribution >= 0.6 is 0 Å². The van der Waals surface area contributed by atoms with Gasteiger partial charge in [-0.15, -0.1) is 0 Å². The fraction of sp³-hybridized carbons (Fsp3) is 0.643. The molecule has 1 aliphatic heterocycles. The summed E-state index contributed by atoms with van der Waals surface area (Å²) in [6, 6.07) is 4.22. The van der Waals surface area contributed by atoms with Gasteiger partial charge in [-0.1, -0.05) is 13.8 Å². The van der Waals surface area contributed by atoms with Crippen LogP contribution in [-0.2, 0) is 4.74 Å². The van der Waals surface area contributed by atoms with Crippen molar-refractivity contribution >= 4 is 5.69 Å². The minimum absolute atomic E-state index is 0.0759. The highest BCUT2D eigenvalue weighted by Crippen LogP contribution is 2.21. The third-order valence-electron chi connectivity index (χ3n) is 3.60. The van der Waals surface area contributed by atoms with Crippen LogP contribution in [0.3, 0.4) is 0 Å². The predicted molar refractivity (Wildman–Crippen MR) is 72.0 cm³/mol. The largest absolute Gasteiger partial charge is 0.394 e. The number of aliphatic hydroxyl groups excluding tert-OH is 1. The van der Waals surface area contributed by atoms with Crippen molar-refractivity contribution in [3.8, 4) is 0 Å². The maximum absolute atomic E-state index is 9.14. The first kappa shape index (κ1) is 13.3. The number of pyridine rings is 1. The molecule has 2 atom stereocenters. The average Bonchev–Trinajstić information content (AvgIpc) is 2.46. The Bertz CT molecular complexity index is 367. The SMILES string of the molecule is CCC(C)c1ccc(N2CCOC(CO)C2)cn1. The van der Waals surface area contributed by atoms with Crippen LogP contribution in [0.1, 0.15) is 31.9 Å². The quantitative estimate of drug-likeness (QED) is 0.885. The van der Waals surface area contributed by atoms with Gasteiger partial charge in [0, 0.05) is 18.8 Å². The molecule has 0 spiro atoms. The van der Waals surface area contributed by atoms with E-state index in [4.69, 9.17) is 9.84 Å². The van der Waals surface area contributed by atoms with Crippen molar-refractivity contribution in [1.29, 1.82) is 0 Å². The molecule has 2 heterocycles. The monoisotopic (exact) mass is 250 g/mol. The summed E-state index contributed by atoms with van der Waals surface area (Å²) in [5.74, 6) is 0.508. The lowest BCUT2D eigenvalue weighted by Crippen LogP contribution is -2.44. The number of hydrogen-bond acceptors (Lipinski definition) is 4. The van der Waals surface area contributed by atoms with Crippen LogP contribution in [0.25, 0.3) is 0 Å². The maximum atomic E-state index is 9.14. The molecule has 1 aromatic heterocycles. The highest BCUT2D eigenvalue weighted by Gasteiger charge is 2.20. The second-order valence-electron chi connectivity index (χ2n) is 4.87. The number of anilines is 1. The third kappa shape index (κ3) is 3.00. The van der Waals surface area contributed by atoms with Crippen molar-refractivity contribution in [2.75, 3.05) is 31.2 Å². The second kappa shape index (κ2) is 6.16. The Balaban J connectivity index is 2.04. The number of aliphatic hydroxyl groups is 1. The van der Waals surface area contributed by atoms with Crippen LogP contribution in [0, 0.1) is 0 Å². The minimum Gasteiger partial charge on any atom is -0.394 e. The molecule has 0 amide bonds. The van der Waals surface area contributed by atoms with Gasteiger partial charge in [0.2, 0.25) is 0 Å². The summed E-state index contributed by atoms with van der Waals surface area (Å²) in [5, 5.41) is 9.14. The lowest BCUT2D eigenvalue weighted by molar-refractivity contribution is 0.00355. The standard InChI is InChI=1S/C14H22N2O2/c1-3-11(2)14-5-4-12(8-15-14)16-6-7-18-13(9-16)10-17/h4-5,8,11,13,17H,3,6-7,9-10H2,1-2H3. The smallest absolute Gasteiger partial charge is 0.0980 e. The molecule has 2 unspecified atom stereocenters. The van der Waals surface area contributed by atoms with Gasteiger partial charge in [0.05, 0.1) is 31.2 Å². The normalized spacial score (nSPS) is 21.9. The second-order valence-corrected chi connectivity index (χ2v) is 4.87. The summed E-state index contributed by atoms with van der Waals surface area (Å²) in [4.78, 5) is 6.75. The van der Waals surface area contributed by atoms with Crippen molar-refractivity contribution in [2.24, 2.45) is 0 Å². The van der Waals surface area contributed by atoms with E-state index in [1.54, 1.807) is 0 Å². The summed E-state index contributed by atoms with van der Waals surface area (Å²) in [6.45, 7) is 6.71. The van der Waals surface area contributed by atoms with Gasteiger partial charge in [-0.3, -0.25) is 4.98 Å². The number of hydrogen-bond donors (Lipinski definition) is 1. The summed E-state index contributed by atoms with van der Waals surface area (Å²) < 4.78 is 5.45. The van der Waals surface area contributed by atoms with E-state index < -0.39 is 0 Å². The molecule has 0 aromatic carbocycles. The Hall–Kier alpha value is -1.13. The van der Waals surface area contributed by atoms with Crippen LogP contribution in [0.4, 0.5) is 5.69 Å². The zero-order valence-corrected chi connectivity index (χ0v) is 11.2. The van der Waals surface area contributed by atoms with Crippen LogP contribution < -0.4 is 4.90 Å². The summed E-state index contributed by atoms with van der Waals surface area (Å²) in [7, 11) is 0. The zero-order chi connectivity index (χ0) is 13.0. The van der Waals surface area contributed by atoms with Gasteiger partial charge in [-0.2, -0.15) is 0 Å². The molecular formula is C14H22N2O2. The third-order valence-corrected chi connectivity index (χ3v) is 3.60. The van der Waals surface area contributed by atoms with Crippen LogP contribution in [-0.4, -0.2) is 42.5 Å². The Kier molecular flexibility index (Phi) is 4.55. The summed E-state index contributed by atoms with van der Waals surface area (Å²) in [6.07, 6.45) is 2.96. The molecule has 1 saturated heterocycles. The first-order valence-corrected chi connectivity index (χ1v) is 6.68. The van der Waals surface area contributed by atoms with Crippen molar-refractivity contribution in [3.63, 3.8) is 0 Å². The van der Waals surface area contributed by atoms with E-state index in [2.05, 4.69) is 35.9 Å². The molecule has 0 aliphatic carbocycles. The van der Waals surface area contributed by atoms with E-state index >= 15 is 0 Å². The van der Waals surface area contributed by atoms with Crippen LogP contribution in [0.15, 0.2) is 18.3 Å². The Labute approximate surface area is 109 Å². The van der Waals surface area contributed by atoms with Crippen molar-refractivity contribution in [1.82, 2.24) is 4.98 Å². The van der Waals surface area contributed by atoms with Gasteiger partial charge in [-0.25, -0.2) is 0 Å². The molecule has 100 valence electrons. The fourth-order valence-electron chi connectivity index (χ4n) is 2.15. The molecule has 1 fully saturated rings. The van der Waals surface area contributed by atoms with Crippen molar-refractivity contribution in [2.45, 2.75) is 32.3 Å². The van der Waals surface area contributed by atoms with E-state index in [0.717, 1.165) is 30.9 Å². The summed E-state index contributed by atoms with van der Waals surface area (Å²) >= 11 is 0. The highest BCUT2D eigenvalue weighted by atomic mass is 16.5. The van der Waals surface area contributed by atoms with E-state index in [1.165, 1.54) is 0 Å². The molecule has 4 heteroatoms. The summed E-state index contributed by atoms with van der Waals surface area (Å²) in [5.41, 5.74) is 2.26. The van der Waals surface area contributed by atoms with Crippen molar-refractivity contribution in [3.05, 3.63) is 24.0 Å². The minimum atomic E-state index is -0.0759. The molecule has 18 heavy (non-hydrogen) atoms. The molecule has 4 nitrogen and oxygen atoms in total. The maximum Gasteiger partial charge on any atom is 0.0980 e. The first-order valence-electron chi connectivity index (χ1n) is 6.68. The van der Waals surface area contributed by atoms with Crippen molar-refractivity contribution < 1.29 is 9.84 Å². The van der Waals surface area contributed by atoms with E-state index in [1.807, 2.05) is 6.20 Å². The number of nitrogens with zero attached hydrogens (tertiary/aromatic N) is 2. The predicted octanol–water partition coefficient (Wildman–Crippen LogP) is 1.79. The molecule has 0 radical (unpaired) electrons. The van der Waals surface area contributed by atoms with E-state index in [0.29, 0.717) is 12.5 Å². The zero-order valence-electron chi connectivity index (χ0n) is 11.2. The number of morpholine rings is 1. The number of aromatic nitrogens is 1. The molecule has 1 N–H and O–H groups in total. The van der Waals surface area contributed by atoms with Gasteiger partial charge >= 0.3 is 0 Å². The molecule has 0 saturated carbocycles. The highest BCUT2D eigenvalue weighted by molar-refractivity contribution is 5.45. The fourth-order valence-corrected chi connectivity index (χ4v) is 2.15. The molecule has 1 aliphatic rings. The van der Waals surface area contributed by atoms with E-state index in [-0.39, 0.29) is 12.7 Å². The Morgan fingerprint density at radius 1 is 1.56 bits per heavy atom. The first-order chi connectivity index (χ1) is 8.74. The molecule has 1 aromatic rings. The number of ether oxygens (including phenoxy) is 1. The van der Waals surface area contributed by atoms with Gasteiger partial charge in [0.15, 0.2) is 0 Å². The Morgan fingerprint density at radius 2 is 2.39 bits per heavy atom. The van der Waals surface area contributed by atoms with Gasteiger partial charge in [0.25, 0.3) is 0 Å². The van der Waals surface area contributed by atoms with Crippen LogP contribution in [0.5, 0.6) is 0 Å². The lowest BCUT2D eigenvalue weighted by Gasteiger charge is -2.33. The van der Waals surface area contributed by atoms with Gasteiger partial charge in [0.1, 0.15) is 0 Å². The Morgan fingerprint density at radius 3 is 3.00 bits per heavy atom. The average molecular weight is 250 g/mol. The lowest BCUT2D eigenvalue weighted by atomic mass is 10.0. The van der Waals surface area contributed by atoms with Gasteiger partial charge in [-0.05, 0) is 24.5 Å². The molecule has 2 rings (SSSR count).